The zero-order chi connectivity index (χ0) is 14.2. The van der Waals surface area contributed by atoms with Gasteiger partial charge in [-0.3, -0.25) is 0 Å². The average Bonchev–Trinajstić information content (AvgIpc) is 3.01. The summed E-state index contributed by atoms with van der Waals surface area (Å²) in [5.74, 6) is 0. The molecule has 2 nitrogen and oxygen atoms in total. The van der Waals surface area contributed by atoms with Gasteiger partial charge in [-0.1, -0.05) is 0 Å². The Hall–Kier alpha value is -1.74. The van der Waals surface area contributed by atoms with E-state index in [1.807, 2.05) is 6.07 Å². The number of hydrogen-bond donors (Lipinski definition) is 0. The molecule has 0 amide bonds. The standard InChI is InChI=1S/C17H11NOSSe/c19-11-12-9-10-17(21-12)18-13-5-1-3-7-15(13)20-16-8-4-2-6-14(16)18/h1-11H. The first kappa shape index (κ1) is 13.0. The van der Waals surface area contributed by atoms with E-state index in [9.17, 15) is 4.79 Å². The van der Waals surface area contributed by atoms with E-state index in [1.54, 1.807) is 11.8 Å². The fraction of sp³-hybridized carbons (Fsp3) is 0. The zero-order valence-electron chi connectivity index (χ0n) is 11.0. The van der Waals surface area contributed by atoms with Crippen LogP contribution in [0.15, 0.2) is 70.5 Å². The van der Waals surface area contributed by atoms with Gasteiger partial charge in [0.25, 0.3) is 0 Å². The van der Waals surface area contributed by atoms with Crippen molar-refractivity contribution in [1.29, 1.82) is 0 Å². The van der Waals surface area contributed by atoms with Crippen molar-refractivity contribution in [2.24, 2.45) is 0 Å². The van der Waals surface area contributed by atoms with Crippen LogP contribution in [0.3, 0.4) is 0 Å². The molecule has 1 aliphatic heterocycles. The summed E-state index contributed by atoms with van der Waals surface area (Å²) in [4.78, 5) is 15.8. The van der Waals surface area contributed by atoms with Crippen LogP contribution < -0.4 is 4.90 Å². The van der Waals surface area contributed by atoms with Crippen LogP contribution in [0, 0.1) is 0 Å². The summed E-state index contributed by atoms with van der Waals surface area (Å²) in [5.41, 5.74) is 2.41. The van der Waals surface area contributed by atoms with Gasteiger partial charge in [0.2, 0.25) is 0 Å². The van der Waals surface area contributed by atoms with Gasteiger partial charge in [-0.15, -0.1) is 0 Å². The van der Waals surface area contributed by atoms with Crippen LogP contribution >= 0.6 is 11.8 Å². The molecule has 0 unspecified atom stereocenters. The van der Waals surface area contributed by atoms with Gasteiger partial charge in [-0.2, -0.15) is 0 Å². The monoisotopic (exact) mass is 357 g/mol. The van der Waals surface area contributed by atoms with E-state index < -0.39 is 0 Å². The molecule has 4 heteroatoms. The van der Waals surface area contributed by atoms with Gasteiger partial charge in [0.15, 0.2) is 0 Å². The Morgan fingerprint density at radius 1 is 0.857 bits per heavy atom. The van der Waals surface area contributed by atoms with Crippen molar-refractivity contribution >= 4 is 48.5 Å². The van der Waals surface area contributed by atoms with Gasteiger partial charge in [-0.05, 0) is 0 Å². The number of aldehydes is 1. The van der Waals surface area contributed by atoms with E-state index in [4.69, 9.17) is 0 Å². The SMILES string of the molecule is O=Cc1ccc(N2c3ccccc3Sc3ccccc32)[se]1. The second-order valence-corrected chi connectivity index (χ2v) is 8.05. The van der Waals surface area contributed by atoms with Crippen molar-refractivity contribution in [3.05, 3.63) is 65.1 Å². The van der Waals surface area contributed by atoms with Crippen LogP contribution in [-0.4, -0.2) is 20.8 Å². The molecule has 1 aromatic heterocycles. The van der Waals surface area contributed by atoms with Crippen molar-refractivity contribution in [2.45, 2.75) is 9.79 Å². The van der Waals surface area contributed by atoms with Crippen molar-refractivity contribution in [3.63, 3.8) is 0 Å². The van der Waals surface area contributed by atoms with E-state index in [0.717, 1.165) is 10.7 Å². The Morgan fingerprint density at radius 3 is 2.05 bits per heavy atom. The molecule has 3 aromatic rings. The summed E-state index contributed by atoms with van der Waals surface area (Å²) < 4.78 is 2.11. The molecule has 0 spiro atoms. The molecule has 102 valence electrons. The molecule has 0 saturated carbocycles. The van der Waals surface area contributed by atoms with Crippen molar-refractivity contribution < 1.29 is 4.79 Å². The predicted octanol–water partition coefficient (Wildman–Crippen LogP) is 4.49. The van der Waals surface area contributed by atoms with E-state index in [-0.39, 0.29) is 14.5 Å². The van der Waals surface area contributed by atoms with E-state index in [2.05, 4.69) is 59.5 Å². The molecular formula is C17H11NOSSe. The minimum atomic E-state index is 0.0734. The third-order valence-corrected chi connectivity index (χ3v) is 6.60. The Balaban J connectivity index is 1.94. The molecular weight excluding hydrogens is 345 g/mol. The van der Waals surface area contributed by atoms with Gasteiger partial charge < -0.3 is 0 Å². The molecule has 0 radical (unpaired) electrons. The van der Waals surface area contributed by atoms with Crippen LogP contribution in [0.25, 0.3) is 0 Å². The number of carbonyl (C=O) groups excluding carboxylic acids is 1. The van der Waals surface area contributed by atoms with Crippen LogP contribution in [0.1, 0.15) is 9.23 Å². The summed E-state index contributed by atoms with van der Waals surface area (Å²) in [7, 11) is 0. The van der Waals surface area contributed by atoms with Crippen molar-refractivity contribution in [3.8, 4) is 0 Å². The normalized spacial score (nSPS) is 12.7. The number of para-hydroxylation sites is 2. The third-order valence-electron chi connectivity index (χ3n) is 3.38. The first-order valence-corrected chi connectivity index (χ1v) is 9.11. The first-order chi connectivity index (χ1) is 10.4. The molecule has 0 fully saturated rings. The molecule has 2 aromatic carbocycles. The third kappa shape index (κ3) is 2.16. The van der Waals surface area contributed by atoms with Gasteiger partial charge in [0, 0.05) is 0 Å². The summed E-state index contributed by atoms with van der Waals surface area (Å²) in [5, 5.41) is 0. The van der Waals surface area contributed by atoms with Gasteiger partial charge >= 0.3 is 133 Å². The summed E-state index contributed by atoms with van der Waals surface area (Å²) >= 11 is 1.88. The summed E-state index contributed by atoms with van der Waals surface area (Å²) in [6.45, 7) is 0. The van der Waals surface area contributed by atoms with E-state index >= 15 is 0 Å². The van der Waals surface area contributed by atoms with Crippen LogP contribution in [-0.2, 0) is 0 Å². The first-order valence-electron chi connectivity index (χ1n) is 6.58. The molecule has 0 saturated heterocycles. The van der Waals surface area contributed by atoms with E-state index in [1.165, 1.54) is 25.7 Å². The van der Waals surface area contributed by atoms with Crippen LogP contribution in [0.4, 0.5) is 15.9 Å². The number of benzene rings is 2. The molecule has 1 aliphatic rings. The molecule has 0 N–H and O–H groups in total. The Kier molecular flexibility index (Phi) is 3.23. The fourth-order valence-corrected chi connectivity index (χ4v) is 5.31. The maximum absolute atomic E-state index is 11.0. The summed E-state index contributed by atoms with van der Waals surface area (Å²) in [6.07, 6.45) is 0.972. The van der Waals surface area contributed by atoms with E-state index in [0.29, 0.717) is 0 Å². The Bertz CT molecular complexity index is 781. The zero-order valence-corrected chi connectivity index (χ0v) is 13.6. The average molecular weight is 356 g/mol. The molecule has 21 heavy (non-hydrogen) atoms. The molecule has 4 rings (SSSR count). The number of carbonyl (C=O) groups is 1. The topological polar surface area (TPSA) is 20.3 Å². The second kappa shape index (κ2) is 5.23. The number of anilines is 3. The number of nitrogens with zero attached hydrogens (tertiary/aromatic N) is 1. The maximum atomic E-state index is 11.0. The predicted molar refractivity (Wildman–Crippen MR) is 87.6 cm³/mol. The van der Waals surface area contributed by atoms with Crippen molar-refractivity contribution in [1.82, 2.24) is 0 Å². The Labute approximate surface area is 133 Å². The van der Waals surface area contributed by atoms with Crippen LogP contribution in [0.5, 0.6) is 0 Å². The molecule has 0 atom stereocenters. The summed E-state index contributed by atoms with van der Waals surface area (Å²) in [6, 6.07) is 20.9. The minimum absolute atomic E-state index is 0.0734. The molecule has 2 heterocycles. The number of rotatable bonds is 2. The van der Waals surface area contributed by atoms with Crippen LogP contribution in [0.2, 0.25) is 0 Å². The number of fused-ring (bicyclic) bond motifs is 2. The second-order valence-electron chi connectivity index (χ2n) is 4.67. The number of hydrogen-bond acceptors (Lipinski definition) is 3. The molecule has 0 aliphatic carbocycles. The van der Waals surface area contributed by atoms with Gasteiger partial charge in [0.1, 0.15) is 0 Å². The van der Waals surface area contributed by atoms with Gasteiger partial charge in [-0.25, -0.2) is 0 Å². The van der Waals surface area contributed by atoms with Gasteiger partial charge in [0.05, 0.1) is 0 Å². The molecule has 0 bridgehead atoms. The van der Waals surface area contributed by atoms with Crippen molar-refractivity contribution in [2.75, 3.05) is 4.90 Å². The fourth-order valence-electron chi connectivity index (χ4n) is 2.47. The quantitative estimate of drug-likeness (QED) is 0.390. The Morgan fingerprint density at radius 2 is 1.48 bits per heavy atom.